The van der Waals surface area contributed by atoms with Crippen molar-refractivity contribution in [1.29, 1.82) is 0 Å². The molecule has 0 saturated carbocycles. The number of fused-ring (bicyclic) bond motifs is 1. The smallest absolute Gasteiger partial charge is 0.227 e. The van der Waals surface area contributed by atoms with Crippen LogP contribution < -0.4 is 0 Å². The predicted octanol–water partition coefficient (Wildman–Crippen LogP) is 3.50. The minimum Gasteiger partial charge on any atom is -0.340 e. The predicted molar refractivity (Wildman–Crippen MR) is 92.6 cm³/mol. The van der Waals surface area contributed by atoms with Crippen molar-refractivity contribution < 1.29 is 4.79 Å². The minimum atomic E-state index is 0.227. The van der Waals surface area contributed by atoms with Crippen LogP contribution in [0.15, 0.2) is 48.1 Å². The van der Waals surface area contributed by atoms with Crippen LogP contribution in [0.2, 0.25) is 0 Å². The number of carbonyl (C=O) groups is 1. The van der Waals surface area contributed by atoms with E-state index in [2.05, 4.69) is 22.6 Å². The molecule has 0 bridgehead atoms. The molecule has 1 aliphatic rings. The van der Waals surface area contributed by atoms with Gasteiger partial charge in [-0.3, -0.25) is 9.48 Å². The Balaban J connectivity index is 1.48. The summed E-state index contributed by atoms with van der Waals surface area (Å²) < 4.78 is 3.24. The highest BCUT2D eigenvalue weighted by atomic mass is 32.1. The maximum absolute atomic E-state index is 12.7. The molecule has 0 aliphatic carbocycles. The molecule has 3 heterocycles. The minimum absolute atomic E-state index is 0.227. The molecule has 3 aromatic rings. The van der Waals surface area contributed by atoms with Gasteiger partial charge in [0, 0.05) is 30.2 Å². The van der Waals surface area contributed by atoms with E-state index in [9.17, 15) is 4.79 Å². The molecule has 1 fully saturated rings. The molecular formula is C18H19N3OS. The van der Waals surface area contributed by atoms with Gasteiger partial charge >= 0.3 is 0 Å². The van der Waals surface area contributed by atoms with Crippen LogP contribution in [0.3, 0.4) is 0 Å². The monoisotopic (exact) mass is 325 g/mol. The van der Waals surface area contributed by atoms with Gasteiger partial charge in [0.15, 0.2) is 0 Å². The molecule has 0 unspecified atom stereocenters. The molecular weight excluding hydrogens is 306 g/mol. The van der Waals surface area contributed by atoms with Crippen LogP contribution in [-0.4, -0.2) is 33.7 Å². The number of likely N-dealkylation sites (tertiary alicyclic amines) is 1. The van der Waals surface area contributed by atoms with Crippen molar-refractivity contribution in [1.82, 2.24) is 14.7 Å². The van der Waals surface area contributed by atoms with Crippen LogP contribution in [-0.2, 0) is 11.2 Å². The van der Waals surface area contributed by atoms with Crippen molar-refractivity contribution in [3.8, 4) is 0 Å². The van der Waals surface area contributed by atoms with Crippen LogP contribution in [0.25, 0.3) is 10.1 Å². The van der Waals surface area contributed by atoms with Gasteiger partial charge in [0.25, 0.3) is 0 Å². The average molecular weight is 325 g/mol. The highest BCUT2D eigenvalue weighted by Crippen LogP contribution is 2.27. The normalized spacial score (nSPS) is 18.4. The standard InChI is InChI=1S/C18H19N3OS/c22-18(11-14-13-23-17-7-2-1-6-16(14)17)20-9-3-5-15(12-20)21-10-4-8-19-21/h1-2,4,6-8,10,13,15H,3,5,9,11-12H2/t15-/m0/s1. The number of amides is 1. The van der Waals surface area contributed by atoms with E-state index < -0.39 is 0 Å². The molecule has 4 nitrogen and oxygen atoms in total. The third kappa shape index (κ3) is 2.88. The lowest BCUT2D eigenvalue weighted by molar-refractivity contribution is -0.132. The lowest BCUT2D eigenvalue weighted by Crippen LogP contribution is -2.41. The number of carbonyl (C=O) groups excluding carboxylic acids is 1. The van der Waals surface area contributed by atoms with Crippen LogP contribution >= 0.6 is 11.3 Å². The van der Waals surface area contributed by atoms with Gasteiger partial charge in [-0.1, -0.05) is 18.2 Å². The Hall–Kier alpha value is -2.14. The Morgan fingerprint density at radius 2 is 2.22 bits per heavy atom. The Morgan fingerprint density at radius 1 is 1.30 bits per heavy atom. The number of nitrogens with zero attached hydrogens (tertiary/aromatic N) is 3. The van der Waals surface area contributed by atoms with E-state index in [0.29, 0.717) is 12.5 Å². The Bertz CT molecular complexity index is 809. The van der Waals surface area contributed by atoms with Gasteiger partial charge in [-0.05, 0) is 41.3 Å². The summed E-state index contributed by atoms with van der Waals surface area (Å²) in [6.07, 6.45) is 6.42. The summed E-state index contributed by atoms with van der Waals surface area (Å²) in [5, 5.41) is 7.67. The van der Waals surface area contributed by atoms with Crippen molar-refractivity contribution >= 4 is 27.3 Å². The number of aromatic nitrogens is 2. The molecule has 0 radical (unpaired) electrons. The van der Waals surface area contributed by atoms with E-state index in [0.717, 1.165) is 31.5 Å². The molecule has 0 N–H and O–H groups in total. The Labute approximate surface area is 139 Å². The van der Waals surface area contributed by atoms with Crippen molar-refractivity contribution in [3.63, 3.8) is 0 Å². The number of hydrogen-bond donors (Lipinski definition) is 0. The van der Waals surface area contributed by atoms with E-state index in [-0.39, 0.29) is 5.91 Å². The molecule has 1 atom stereocenters. The molecule has 2 aromatic heterocycles. The number of benzene rings is 1. The first-order valence-corrected chi connectivity index (χ1v) is 8.91. The maximum Gasteiger partial charge on any atom is 0.227 e. The maximum atomic E-state index is 12.7. The molecule has 1 saturated heterocycles. The fourth-order valence-electron chi connectivity index (χ4n) is 3.34. The van der Waals surface area contributed by atoms with Gasteiger partial charge in [-0.15, -0.1) is 11.3 Å². The molecule has 5 heteroatoms. The molecule has 118 valence electrons. The Morgan fingerprint density at radius 3 is 3.09 bits per heavy atom. The SMILES string of the molecule is O=C(Cc1csc2ccccc12)N1CCC[C@H](n2cccn2)C1. The van der Waals surface area contributed by atoms with Crippen molar-refractivity contribution in [3.05, 3.63) is 53.7 Å². The fourth-order valence-corrected chi connectivity index (χ4v) is 4.30. The highest BCUT2D eigenvalue weighted by molar-refractivity contribution is 7.17. The van der Waals surface area contributed by atoms with Crippen molar-refractivity contribution in [2.75, 3.05) is 13.1 Å². The average Bonchev–Trinajstić information content (AvgIpc) is 3.25. The van der Waals surface area contributed by atoms with E-state index in [1.54, 1.807) is 17.5 Å². The first-order chi connectivity index (χ1) is 11.3. The van der Waals surface area contributed by atoms with Gasteiger partial charge in [0.2, 0.25) is 5.91 Å². The number of rotatable bonds is 3. The second-order valence-electron chi connectivity index (χ2n) is 6.06. The highest BCUT2D eigenvalue weighted by Gasteiger charge is 2.25. The lowest BCUT2D eigenvalue weighted by Gasteiger charge is -2.33. The number of hydrogen-bond acceptors (Lipinski definition) is 3. The molecule has 4 rings (SSSR count). The molecule has 1 aliphatic heterocycles. The molecule has 23 heavy (non-hydrogen) atoms. The fraction of sp³-hybridized carbons (Fsp3) is 0.333. The summed E-state index contributed by atoms with van der Waals surface area (Å²) in [6, 6.07) is 10.6. The first kappa shape index (κ1) is 14.5. The third-order valence-corrected chi connectivity index (χ3v) is 5.56. The summed E-state index contributed by atoms with van der Waals surface area (Å²) in [4.78, 5) is 14.7. The number of piperidine rings is 1. The largest absolute Gasteiger partial charge is 0.340 e. The number of thiophene rings is 1. The second kappa shape index (κ2) is 6.16. The topological polar surface area (TPSA) is 38.1 Å². The Kier molecular flexibility index (Phi) is 3.87. The van der Waals surface area contributed by atoms with E-state index in [1.165, 1.54) is 10.1 Å². The molecule has 1 amide bonds. The van der Waals surface area contributed by atoms with E-state index >= 15 is 0 Å². The van der Waals surface area contributed by atoms with Crippen molar-refractivity contribution in [2.24, 2.45) is 0 Å². The van der Waals surface area contributed by atoms with Gasteiger partial charge < -0.3 is 4.90 Å². The lowest BCUT2D eigenvalue weighted by atomic mass is 10.0. The summed E-state index contributed by atoms with van der Waals surface area (Å²) >= 11 is 1.72. The second-order valence-corrected chi connectivity index (χ2v) is 6.97. The van der Waals surface area contributed by atoms with Crippen LogP contribution in [0.1, 0.15) is 24.4 Å². The molecule has 1 aromatic carbocycles. The quantitative estimate of drug-likeness (QED) is 0.739. The van der Waals surface area contributed by atoms with Crippen LogP contribution in [0, 0.1) is 0 Å². The van der Waals surface area contributed by atoms with Gasteiger partial charge in [0.05, 0.1) is 12.5 Å². The van der Waals surface area contributed by atoms with E-state index in [4.69, 9.17) is 0 Å². The summed E-state index contributed by atoms with van der Waals surface area (Å²) in [6.45, 7) is 1.63. The zero-order chi connectivity index (χ0) is 15.6. The summed E-state index contributed by atoms with van der Waals surface area (Å²) in [7, 11) is 0. The van der Waals surface area contributed by atoms with Crippen LogP contribution in [0.4, 0.5) is 0 Å². The van der Waals surface area contributed by atoms with Crippen molar-refractivity contribution in [2.45, 2.75) is 25.3 Å². The zero-order valence-electron chi connectivity index (χ0n) is 12.9. The van der Waals surface area contributed by atoms with E-state index in [1.807, 2.05) is 34.0 Å². The summed E-state index contributed by atoms with van der Waals surface area (Å²) in [5.41, 5.74) is 1.15. The first-order valence-electron chi connectivity index (χ1n) is 8.03. The molecule has 0 spiro atoms. The van der Waals surface area contributed by atoms with Gasteiger partial charge in [0.1, 0.15) is 0 Å². The third-order valence-electron chi connectivity index (χ3n) is 4.55. The summed E-state index contributed by atoms with van der Waals surface area (Å²) in [5.74, 6) is 0.227. The van der Waals surface area contributed by atoms with Gasteiger partial charge in [-0.2, -0.15) is 5.10 Å². The van der Waals surface area contributed by atoms with Crippen LogP contribution in [0.5, 0.6) is 0 Å². The van der Waals surface area contributed by atoms with Gasteiger partial charge in [-0.25, -0.2) is 0 Å². The zero-order valence-corrected chi connectivity index (χ0v) is 13.7.